The average molecular weight is 405 g/mol. The van der Waals surface area contributed by atoms with E-state index in [9.17, 15) is 4.79 Å². The first kappa shape index (κ1) is 21.6. The van der Waals surface area contributed by atoms with Crippen molar-refractivity contribution in [3.05, 3.63) is 82.4 Å². The van der Waals surface area contributed by atoms with E-state index in [-0.39, 0.29) is 5.78 Å². The van der Waals surface area contributed by atoms with Gasteiger partial charge in [-0.3, -0.25) is 4.79 Å². The second kappa shape index (κ2) is 10.1. The van der Waals surface area contributed by atoms with Crippen molar-refractivity contribution in [3.63, 3.8) is 0 Å². The summed E-state index contributed by atoms with van der Waals surface area (Å²) in [5.41, 5.74) is 6.74. The molecule has 2 unspecified atom stereocenters. The van der Waals surface area contributed by atoms with Gasteiger partial charge in [-0.25, -0.2) is 0 Å². The fourth-order valence-electron chi connectivity index (χ4n) is 4.19. The van der Waals surface area contributed by atoms with Crippen LogP contribution in [0.1, 0.15) is 67.3 Å². The Morgan fingerprint density at radius 2 is 1.93 bits per heavy atom. The molecule has 2 heteroatoms. The molecule has 0 spiro atoms. The predicted molar refractivity (Wildman–Crippen MR) is 127 cm³/mol. The first-order chi connectivity index (χ1) is 14.0. The number of thiol groups is 1. The van der Waals surface area contributed by atoms with Crippen LogP contribution in [0.4, 0.5) is 0 Å². The van der Waals surface area contributed by atoms with E-state index < -0.39 is 0 Å². The highest BCUT2D eigenvalue weighted by Gasteiger charge is 2.23. The zero-order chi connectivity index (χ0) is 20.8. The van der Waals surface area contributed by atoms with Crippen molar-refractivity contribution in [3.8, 4) is 0 Å². The Labute approximate surface area is 181 Å². The second-order valence-electron chi connectivity index (χ2n) is 8.10. The molecule has 1 nitrogen and oxygen atoms in total. The maximum atomic E-state index is 12.4. The molecule has 0 heterocycles. The molecule has 0 aliphatic heterocycles. The van der Waals surface area contributed by atoms with Crippen LogP contribution in [0.15, 0.2) is 59.5 Å². The number of carbonyl (C=O) groups excluding carboxylic acids is 1. The van der Waals surface area contributed by atoms with Gasteiger partial charge in [0.15, 0.2) is 5.78 Å². The highest BCUT2D eigenvalue weighted by molar-refractivity contribution is 7.80. The Bertz CT molecular complexity index is 922. The quantitative estimate of drug-likeness (QED) is 0.352. The van der Waals surface area contributed by atoms with Crippen LogP contribution in [0.5, 0.6) is 0 Å². The monoisotopic (exact) mass is 404 g/mol. The summed E-state index contributed by atoms with van der Waals surface area (Å²) in [6.07, 6.45) is 12.7. The lowest BCUT2D eigenvalue weighted by Gasteiger charge is -2.19. The number of hydrogen-bond acceptors (Lipinski definition) is 2. The van der Waals surface area contributed by atoms with Gasteiger partial charge in [-0.05, 0) is 77.6 Å². The molecule has 2 aromatic carbocycles. The molecule has 0 aromatic heterocycles. The molecule has 0 amide bonds. The molecule has 29 heavy (non-hydrogen) atoms. The molecule has 2 aromatic rings. The van der Waals surface area contributed by atoms with Crippen molar-refractivity contribution in [1.82, 2.24) is 0 Å². The van der Waals surface area contributed by atoms with Crippen LogP contribution in [0.3, 0.4) is 0 Å². The second-order valence-corrected chi connectivity index (χ2v) is 8.61. The van der Waals surface area contributed by atoms with E-state index in [4.69, 9.17) is 0 Å². The van der Waals surface area contributed by atoms with Crippen LogP contribution in [-0.4, -0.2) is 5.78 Å². The lowest BCUT2D eigenvalue weighted by Crippen LogP contribution is -2.08. The number of carbonyl (C=O) groups is 1. The molecule has 0 saturated carbocycles. The Morgan fingerprint density at radius 3 is 2.69 bits per heavy atom. The predicted octanol–water partition coefficient (Wildman–Crippen LogP) is 6.99. The maximum Gasteiger partial charge on any atom is 0.155 e. The Balaban J connectivity index is 1.51. The summed E-state index contributed by atoms with van der Waals surface area (Å²) in [7, 11) is 0. The SMILES string of the molecule is CCc1ccc2c(c1)C=CC2C(C)CCC(=O)/C=C/Cc1ccc(S)cc1CC. The highest BCUT2D eigenvalue weighted by atomic mass is 32.1. The van der Waals surface area contributed by atoms with Gasteiger partial charge >= 0.3 is 0 Å². The molecule has 0 bridgehead atoms. The fourth-order valence-corrected chi connectivity index (χ4v) is 4.42. The van der Waals surface area contributed by atoms with Gasteiger partial charge in [-0.15, -0.1) is 12.6 Å². The molecule has 0 radical (unpaired) electrons. The number of rotatable bonds is 9. The zero-order valence-corrected chi connectivity index (χ0v) is 18.7. The normalized spacial score (nSPS) is 16.3. The van der Waals surface area contributed by atoms with E-state index in [1.54, 1.807) is 6.08 Å². The highest BCUT2D eigenvalue weighted by Crippen LogP contribution is 2.37. The molecule has 152 valence electrons. The number of allylic oxidation sites excluding steroid dienone is 3. The molecular weight excluding hydrogens is 372 g/mol. The smallest absolute Gasteiger partial charge is 0.155 e. The third-order valence-corrected chi connectivity index (χ3v) is 6.35. The number of hydrogen-bond donors (Lipinski definition) is 1. The Hall–Kier alpha value is -2.06. The van der Waals surface area contributed by atoms with E-state index in [0.717, 1.165) is 30.6 Å². The van der Waals surface area contributed by atoms with Crippen LogP contribution in [0.2, 0.25) is 0 Å². The summed E-state index contributed by atoms with van der Waals surface area (Å²) in [5, 5.41) is 0. The number of ketones is 1. The van der Waals surface area contributed by atoms with Gasteiger partial charge in [0.05, 0.1) is 0 Å². The van der Waals surface area contributed by atoms with Gasteiger partial charge < -0.3 is 0 Å². The van der Waals surface area contributed by atoms with Gasteiger partial charge in [-0.1, -0.05) is 63.3 Å². The molecule has 2 atom stereocenters. The molecule has 3 rings (SSSR count). The summed E-state index contributed by atoms with van der Waals surface area (Å²) < 4.78 is 0. The Morgan fingerprint density at radius 1 is 1.10 bits per heavy atom. The summed E-state index contributed by atoms with van der Waals surface area (Å²) >= 11 is 4.41. The zero-order valence-electron chi connectivity index (χ0n) is 17.8. The minimum absolute atomic E-state index is 0.226. The van der Waals surface area contributed by atoms with E-state index >= 15 is 0 Å². The minimum atomic E-state index is 0.226. The summed E-state index contributed by atoms with van der Waals surface area (Å²) in [6.45, 7) is 6.61. The summed E-state index contributed by atoms with van der Waals surface area (Å²) in [4.78, 5) is 13.4. The van der Waals surface area contributed by atoms with Crippen LogP contribution in [0.25, 0.3) is 6.08 Å². The minimum Gasteiger partial charge on any atom is -0.295 e. The van der Waals surface area contributed by atoms with Crippen molar-refractivity contribution in [1.29, 1.82) is 0 Å². The van der Waals surface area contributed by atoms with Crippen LogP contribution in [0, 0.1) is 5.92 Å². The lowest BCUT2D eigenvalue weighted by atomic mass is 9.85. The van der Waals surface area contributed by atoms with Gasteiger partial charge in [0, 0.05) is 17.2 Å². The van der Waals surface area contributed by atoms with Crippen molar-refractivity contribution in [2.24, 2.45) is 5.92 Å². The molecular formula is C27H32OS. The fraction of sp³-hybridized carbons (Fsp3) is 0.370. The van der Waals surface area contributed by atoms with Crippen molar-refractivity contribution < 1.29 is 4.79 Å². The van der Waals surface area contributed by atoms with Gasteiger partial charge in [0.25, 0.3) is 0 Å². The number of fused-ring (bicyclic) bond motifs is 1. The first-order valence-corrected chi connectivity index (χ1v) is 11.3. The Kier molecular flexibility index (Phi) is 7.55. The van der Waals surface area contributed by atoms with E-state index in [2.05, 4.69) is 75.9 Å². The lowest BCUT2D eigenvalue weighted by molar-refractivity contribution is -0.114. The van der Waals surface area contributed by atoms with Crippen LogP contribution < -0.4 is 0 Å². The first-order valence-electron chi connectivity index (χ1n) is 10.8. The van der Waals surface area contributed by atoms with Gasteiger partial charge in [0.2, 0.25) is 0 Å². The summed E-state index contributed by atoms with van der Waals surface area (Å²) in [6, 6.07) is 13.1. The average Bonchev–Trinajstić information content (AvgIpc) is 3.16. The van der Waals surface area contributed by atoms with Gasteiger partial charge in [-0.2, -0.15) is 0 Å². The van der Waals surface area contributed by atoms with E-state index in [1.165, 1.54) is 27.8 Å². The van der Waals surface area contributed by atoms with Crippen molar-refractivity contribution >= 4 is 24.5 Å². The molecule has 1 aliphatic carbocycles. The standard InChI is InChI=1S/C27H32OS/c1-4-20-10-15-27-23(17-20)12-16-26(27)19(3)9-13-24(28)8-6-7-22-11-14-25(29)18-21(22)5-2/h6,8,10-12,14-19,26,29H,4-5,7,9,13H2,1-3H3/b8-6+. The molecule has 0 fully saturated rings. The van der Waals surface area contributed by atoms with Crippen LogP contribution in [-0.2, 0) is 24.1 Å². The molecule has 1 aliphatic rings. The molecule has 0 saturated heterocycles. The van der Waals surface area contributed by atoms with Crippen LogP contribution >= 0.6 is 12.6 Å². The number of aryl methyl sites for hydroxylation is 2. The molecule has 0 N–H and O–H groups in total. The maximum absolute atomic E-state index is 12.4. The van der Waals surface area contributed by atoms with Gasteiger partial charge in [0.1, 0.15) is 0 Å². The van der Waals surface area contributed by atoms with Crippen molar-refractivity contribution in [2.45, 2.75) is 63.7 Å². The largest absolute Gasteiger partial charge is 0.295 e. The van der Waals surface area contributed by atoms with Crippen molar-refractivity contribution in [2.75, 3.05) is 0 Å². The third kappa shape index (κ3) is 5.51. The third-order valence-electron chi connectivity index (χ3n) is 6.07. The number of benzene rings is 2. The van der Waals surface area contributed by atoms with E-state index in [1.807, 2.05) is 12.1 Å². The van der Waals surface area contributed by atoms with E-state index in [0.29, 0.717) is 18.3 Å². The summed E-state index contributed by atoms with van der Waals surface area (Å²) in [5.74, 6) is 1.12. The topological polar surface area (TPSA) is 17.1 Å².